The SMILES string of the molecule is CCCCCC(=O)OCC(O)C(CCCCCC(=O)Cl)OC(=O)CCCCC. The molecular weight excluding hydrogens is 384 g/mol. The predicted octanol–water partition coefficient (Wildman–Crippen LogP) is 4.68. The van der Waals surface area contributed by atoms with Gasteiger partial charge in [0.2, 0.25) is 5.24 Å². The van der Waals surface area contributed by atoms with Gasteiger partial charge in [0, 0.05) is 19.3 Å². The van der Waals surface area contributed by atoms with E-state index in [9.17, 15) is 19.5 Å². The van der Waals surface area contributed by atoms with Gasteiger partial charge in [-0.25, -0.2) is 0 Å². The Bertz CT molecular complexity index is 441. The summed E-state index contributed by atoms with van der Waals surface area (Å²) in [6, 6.07) is 0. The topological polar surface area (TPSA) is 89.9 Å². The van der Waals surface area contributed by atoms with Crippen LogP contribution < -0.4 is 0 Å². The predicted molar refractivity (Wildman–Crippen MR) is 109 cm³/mol. The van der Waals surface area contributed by atoms with Crippen LogP contribution in [-0.4, -0.2) is 41.1 Å². The van der Waals surface area contributed by atoms with E-state index in [4.69, 9.17) is 21.1 Å². The molecule has 0 radical (unpaired) electrons. The van der Waals surface area contributed by atoms with Crippen molar-refractivity contribution in [1.29, 1.82) is 0 Å². The van der Waals surface area contributed by atoms with Gasteiger partial charge >= 0.3 is 11.9 Å². The minimum atomic E-state index is -1.06. The van der Waals surface area contributed by atoms with Crippen molar-refractivity contribution in [2.75, 3.05) is 6.61 Å². The number of hydrogen-bond acceptors (Lipinski definition) is 6. The zero-order chi connectivity index (χ0) is 21.2. The van der Waals surface area contributed by atoms with E-state index in [-0.39, 0.29) is 23.8 Å². The lowest BCUT2D eigenvalue weighted by Crippen LogP contribution is -2.35. The lowest BCUT2D eigenvalue weighted by Gasteiger charge is -2.23. The average Bonchev–Trinajstić information content (AvgIpc) is 2.65. The van der Waals surface area contributed by atoms with E-state index < -0.39 is 12.2 Å². The third-order valence-electron chi connectivity index (χ3n) is 4.46. The summed E-state index contributed by atoms with van der Waals surface area (Å²) in [6.45, 7) is 3.92. The molecule has 2 atom stereocenters. The number of carbonyl (C=O) groups excluding carboxylic acids is 3. The molecule has 0 spiro atoms. The Balaban J connectivity index is 4.43. The average molecular weight is 421 g/mol. The fraction of sp³-hybridized carbons (Fsp3) is 0.857. The molecule has 0 saturated carbocycles. The number of hydrogen-bond donors (Lipinski definition) is 1. The molecular formula is C21H37ClO6. The Morgan fingerprint density at radius 1 is 0.821 bits per heavy atom. The van der Waals surface area contributed by atoms with Crippen molar-refractivity contribution in [3.05, 3.63) is 0 Å². The summed E-state index contributed by atoms with van der Waals surface area (Å²) in [6.07, 6.45) is 7.15. The monoisotopic (exact) mass is 420 g/mol. The van der Waals surface area contributed by atoms with E-state index in [0.717, 1.165) is 44.9 Å². The van der Waals surface area contributed by atoms with E-state index in [1.807, 2.05) is 0 Å². The maximum absolute atomic E-state index is 12.0. The first-order valence-electron chi connectivity index (χ1n) is 10.6. The maximum atomic E-state index is 12.0. The minimum absolute atomic E-state index is 0.183. The fourth-order valence-corrected chi connectivity index (χ4v) is 2.87. The smallest absolute Gasteiger partial charge is 0.306 e. The van der Waals surface area contributed by atoms with Crippen molar-refractivity contribution in [3.63, 3.8) is 0 Å². The molecule has 0 aliphatic rings. The molecule has 0 aromatic heterocycles. The number of aliphatic hydroxyl groups excluding tert-OH is 1. The van der Waals surface area contributed by atoms with Gasteiger partial charge in [-0.15, -0.1) is 0 Å². The highest BCUT2D eigenvalue weighted by Gasteiger charge is 2.24. The van der Waals surface area contributed by atoms with Gasteiger partial charge in [-0.3, -0.25) is 14.4 Å². The molecule has 7 heteroatoms. The van der Waals surface area contributed by atoms with Gasteiger partial charge < -0.3 is 14.6 Å². The summed E-state index contributed by atoms with van der Waals surface area (Å²) < 4.78 is 10.6. The van der Waals surface area contributed by atoms with E-state index in [2.05, 4.69) is 13.8 Å². The largest absolute Gasteiger partial charge is 0.463 e. The van der Waals surface area contributed by atoms with Gasteiger partial charge in [0.25, 0.3) is 0 Å². The second-order valence-electron chi connectivity index (χ2n) is 7.15. The molecule has 2 unspecified atom stereocenters. The number of aliphatic hydroxyl groups is 1. The molecule has 0 fully saturated rings. The van der Waals surface area contributed by atoms with Crippen molar-refractivity contribution in [1.82, 2.24) is 0 Å². The van der Waals surface area contributed by atoms with Crippen LogP contribution in [0.25, 0.3) is 0 Å². The Hall–Kier alpha value is -1.14. The Morgan fingerprint density at radius 3 is 1.96 bits per heavy atom. The van der Waals surface area contributed by atoms with Crippen LogP contribution in [0, 0.1) is 0 Å². The third-order valence-corrected chi connectivity index (χ3v) is 4.65. The molecule has 1 N–H and O–H groups in total. The van der Waals surface area contributed by atoms with Gasteiger partial charge in [-0.2, -0.15) is 0 Å². The van der Waals surface area contributed by atoms with Crippen LogP contribution >= 0.6 is 11.6 Å². The summed E-state index contributed by atoms with van der Waals surface area (Å²) >= 11 is 5.32. The van der Waals surface area contributed by atoms with Crippen LogP contribution in [0.3, 0.4) is 0 Å². The molecule has 0 aromatic rings. The van der Waals surface area contributed by atoms with Gasteiger partial charge in [0.1, 0.15) is 18.8 Å². The van der Waals surface area contributed by atoms with Gasteiger partial charge in [0.15, 0.2) is 0 Å². The van der Waals surface area contributed by atoms with E-state index >= 15 is 0 Å². The third kappa shape index (κ3) is 15.9. The van der Waals surface area contributed by atoms with Crippen molar-refractivity contribution < 1.29 is 29.0 Å². The summed E-state index contributed by atoms with van der Waals surface area (Å²) in [5, 5.41) is 10.00. The van der Waals surface area contributed by atoms with E-state index in [1.54, 1.807) is 0 Å². The highest BCUT2D eigenvalue weighted by Crippen LogP contribution is 2.15. The first kappa shape index (κ1) is 26.9. The number of esters is 2. The zero-order valence-electron chi connectivity index (χ0n) is 17.4. The molecule has 0 bridgehead atoms. The molecule has 6 nitrogen and oxygen atoms in total. The quantitative estimate of drug-likeness (QED) is 0.197. The Labute approximate surface area is 174 Å². The van der Waals surface area contributed by atoms with Gasteiger partial charge in [-0.1, -0.05) is 46.0 Å². The summed E-state index contributed by atoms with van der Waals surface area (Å²) in [4.78, 5) is 34.5. The fourth-order valence-electron chi connectivity index (χ4n) is 2.74. The van der Waals surface area contributed by atoms with Crippen molar-refractivity contribution >= 4 is 28.8 Å². The molecule has 0 heterocycles. The second-order valence-corrected chi connectivity index (χ2v) is 7.57. The number of carbonyl (C=O) groups is 3. The van der Waals surface area contributed by atoms with Crippen LogP contribution in [0.5, 0.6) is 0 Å². The summed E-state index contributed by atoms with van der Waals surface area (Å²) in [5.74, 6) is -0.691. The standard InChI is InChI=1S/C21H37ClO6/c1-3-5-8-14-20(25)27-16-17(23)18(12-10-7-11-13-19(22)24)28-21(26)15-9-6-4-2/h17-18,23H,3-16H2,1-2H3. The maximum Gasteiger partial charge on any atom is 0.306 e. The van der Waals surface area contributed by atoms with Crippen LogP contribution in [0.2, 0.25) is 0 Å². The molecule has 164 valence electrons. The number of ether oxygens (including phenoxy) is 2. The van der Waals surface area contributed by atoms with Gasteiger partial charge in [-0.05, 0) is 43.7 Å². The van der Waals surface area contributed by atoms with Gasteiger partial charge in [0.05, 0.1) is 0 Å². The molecule has 0 amide bonds. The Kier molecular flexibility index (Phi) is 17.2. The summed E-state index contributed by atoms with van der Waals surface area (Å²) in [5.41, 5.74) is 0. The number of unbranched alkanes of at least 4 members (excludes halogenated alkanes) is 6. The molecule has 0 aliphatic heterocycles. The molecule has 0 rings (SSSR count). The zero-order valence-corrected chi connectivity index (χ0v) is 18.2. The first-order chi connectivity index (χ1) is 13.4. The number of halogens is 1. The highest BCUT2D eigenvalue weighted by atomic mass is 35.5. The molecule has 0 saturated heterocycles. The molecule has 28 heavy (non-hydrogen) atoms. The van der Waals surface area contributed by atoms with Crippen LogP contribution in [0.15, 0.2) is 0 Å². The molecule has 0 aliphatic carbocycles. The Morgan fingerprint density at radius 2 is 1.39 bits per heavy atom. The van der Waals surface area contributed by atoms with Crippen molar-refractivity contribution in [2.24, 2.45) is 0 Å². The normalized spacial score (nSPS) is 13.0. The van der Waals surface area contributed by atoms with E-state index in [0.29, 0.717) is 38.5 Å². The van der Waals surface area contributed by atoms with E-state index in [1.165, 1.54) is 0 Å². The van der Waals surface area contributed by atoms with Crippen LogP contribution in [0.4, 0.5) is 0 Å². The summed E-state index contributed by atoms with van der Waals surface area (Å²) in [7, 11) is 0. The van der Waals surface area contributed by atoms with Crippen LogP contribution in [-0.2, 0) is 23.9 Å². The van der Waals surface area contributed by atoms with Crippen molar-refractivity contribution in [2.45, 2.75) is 110 Å². The van der Waals surface area contributed by atoms with Crippen LogP contribution in [0.1, 0.15) is 97.3 Å². The first-order valence-corrected chi connectivity index (χ1v) is 11.0. The lowest BCUT2D eigenvalue weighted by atomic mass is 10.0. The minimum Gasteiger partial charge on any atom is -0.463 e. The highest BCUT2D eigenvalue weighted by molar-refractivity contribution is 6.63. The number of rotatable bonds is 18. The second kappa shape index (κ2) is 17.9. The van der Waals surface area contributed by atoms with Crippen molar-refractivity contribution in [3.8, 4) is 0 Å². The molecule has 0 aromatic carbocycles. The lowest BCUT2D eigenvalue weighted by molar-refractivity contribution is -0.161.